The number of aromatic nitrogens is 2. The van der Waals surface area contributed by atoms with Crippen LogP contribution in [0.4, 0.5) is 19.0 Å². The monoisotopic (exact) mass is 300 g/mol. The van der Waals surface area contributed by atoms with E-state index in [9.17, 15) is 13.2 Å². The van der Waals surface area contributed by atoms with Gasteiger partial charge in [0.1, 0.15) is 11.6 Å². The number of aliphatic hydroxyl groups is 1. The zero-order valence-corrected chi connectivity index (χ0v) is 11.1. The van der Waals surface area contributed by atoms with E-state index in [0.717, 1.165) is 4.90 Å². The molecule has 8 heteroatoms. The lowest BCUT2D eigenvalue weighted by Gasteiger charge is -2.22. The van der Waals surface area contributed by atoms with Crippen molar-refractivity contribution in [2.45, 2.75) is 12.7 Å². The maximum Gasteiger partial charge on any atom is 0.401 e. The Labute approximate surface area is 119 Å². The Bertz CT molecular complexity index is 618. The topological polar surface area (TPSA) is 75.3 Å². The number of nitrogens with two attached hydrogens (primary N) is 1. The minimum Gasteiger partial charge on any atom is -0.395 e. The van der Waals surface area contributed by atoms with Gasteiger partial charge < -0.3 is 10.8 Å². The number of hydrogen-bond acceptors (Lipinski definition) is 5. The van der Waals surface area contributed by atoms with Crippen LogP contribution in [-0.2, 0) is 6.54 Å². The molecule has 0 aliphatic heterocycles. The van der Waals surface area contributed by atoms with E-state index in [2.05, 4.69) is 9.97 Å². The molecule has 0 saturated carbocycles. The minimum absolute atomic E-state index is 0.115. The van der Waals surface area contributed by atoms with Crippen molar-refractivity contribution in [3.05, 3.63) is 30.1 Å². The lowest BCUT2D eigenvalue weighted by atomic mass is 10.2. The van der Waals surface area contributed by atoms with Crippen molar-refractivity contribution in [3.8, 4) is 0 Å². The summed E-state index contributed by atoms with van der Waals surface area (Å²) in [5, 5.41) is 9.52. The van der Waals surface area contributed by atoms with E-state index in [1.807, 2.05) is 0 Å². The first-order valence-corrected chi connectivity index (χ1v) is 6.30. The number of fused-ring (bicyclic) bond motifs is 1. The maximum atomic E-state index is 12.5. The summed E-state index contributed by atoms with van der Waals surface area (Å²) in [5.74, 6) is 0.426. The van der Waals surface area contributed by atoms with Gasteiger partial charge >= 0.3 is 6.18 Å². The van der Waals surface area contributed by atoms with E-state index >= 15 is 0 Å². The first-order valence-electron chi connectivity index (χ1n) is 6.30. The van der Waals surface area contributed by atoms with E-state index in [4.69, 9.17) is 10.8 Å². The van der Waals surface area contributed by atoms with Gasteiger partial charge in [-0.05, 0) is 12.1 Å². The fourth-order valence-corrected chi connectivity index (χ4v) is 2.03. The van der Waals surface area contributed by atoms with Crippen LogP contribution < -0.4 is 5.73 Å². The van der Waals surface area contributed by atoms with Crippen molar-refractivity contribution in [3.63, 3.8) is 0 Å². The van der Waals surface area contributed by atoms with E-state index in [-0.39, 0.29) is 31.3 Å². The van der Waals surface area contributed by atoms with Gasteiger partial charge in [0.2, 0.25) is 0 Å². The lowest BCUT2D eigenvalue weighted by molar-refractivity contribution is -0.148. The number of nitrogens with zero attached hydrogens (tertiary/aromatic N) is 3. The molecule has 0 amide bonds. The van der Waals surface area contributed by atoms with Crippen LogP contribution in [0.3, 0.4) is 0 Å². The maximum absolute atomic E-state index is 12.5. The fraction of sp³-hybridized carbons (Fsp3) is 0.385. The molecule has 0 atom stereocenters. The first-order chi connectivity index (χ1) is 9.89. The molecule has 5 nitrogen and oxygen atoms in total. The Morgan fingerprint density at radius 2 is 1.90 bits per heavy atom. The number of alkyl halides is 3. The molecule has 0 radical (unpaired) electrons. The predicted octanol–water partition coefficient (Wildman–Crippen LogP) is 1.57. The van der Waals surface area contributed by atoms with Crippen LogP contribution in [0.15, 0.2) is 24.3 Å². The number of halogens is 3. The molecule has 114 valence electrons. The minimum atomic E-state index is -4.35. The SMILES string of the molecule is Nc1nc(CN(CCO)CC(F)(F)F)nc2ccccc12. The molecule has 0 unspecified atom stereocenters. The van der Waals surface area contributed by atoms with Gasteiger partial charge in [0, 0.05) is 11.9 Å². The summed E-state index contributed by atoms with van der Waals surface area (Å²) in [7, 11) is 0. The molecular formula is C13H15F3N4O. The number of anilines is 1. The number of aliphatic hydroxyl groups excluding tert-OH is 1. The molecule has 1 heterocycles. The highest BCUT2D eigenvalue weighted by Crippen LogP contribution is 2.20. The smallest absolute Gasteiger partial charge is 0.395 e. The first kappa shape index (κ1) is 15.5. The Morgan fingerprint density at radius 1 is 1.19 bits per heavy atom. The Hall–Kier alpha value is -1.93. The summed E-state index contributed by atoms with van der Waals surface area (Å²) in [4.78, 5) is 9.27. The van der Waals surface area contributed by atoms with Crippen molar-refractivity contribution in [2.75, 3.05) is 25.4 Å². The third-order valence-electron chi connectivity index (χ3n) is 2.86. The molecule has 0 saturated heterocycles. The van der Waals surface area contributed by atoms with E-state index in [1.165, 1.54) is 0 Å². The number of nitrogen functional groups attached to an aromatic ring is 1. The predicted molar refractivity (Wildman–Crippen MR) is 72.4 cm³/mol. The third kappa shape index (κ3) is 4.27. The molecule has 2 aromatic rings. The number of hydrogen-bond donors (Lipinski definition) is 2. The summed E-state index contributed by atoms with van der Waals surface area (Å²) >= 11 is 0. The van der Waals surface area contributed by atoms with Crippen LogP contribution in [0.2, 0.25) is 0 Å². The molecular weight excluding hydrogens is 285 g/mol. The average Bonchev–Trinajstić information content (AvgIpc) is 2.37. The van der Waals surface area contributed by atoms with Gasteiger partial charge in [0.15, 0.2) is 0 Å². The van der Waals surface area contributed by atoms with Gasteiger partial charge in [0.25, 0.3) is 0 Å². The zero-order chi connectivity index (χ0) is 15.5. The van der Waals surface area contributed by atoms with Gasteiger partial charge in [-0.2, -0.15) is 13.2 Å². The van der Waals surface area contributed by atoms with Gasteiger partial charge in [-0.1, -0.05) is 12.1 Å². The van der Waals surface area contributed by atoms with Crippen LogP contribution in [0.25, 0.3) is 10.9 Å². The zero-order valence-electron chi connectivity index (χ0n) is 11.1. The standard InChI is InChI=1S/C13H15F3N4O/c14-13(15,16)8-20(5-6-21)7-11-18-10-4-2-1-3-9(10)12(17)19-11/h1-4,21H,5-8H2,(H2,17,18,19). The Balaban J connectivity index is 2.24. The Kier molecular flexibility index (Phi) is 4.59. The summed E-state index contributed by atoms with van der Waals surface area (Å²) in [6.45, 7) is -1.76. The van der Waals surface area contributed by atoms with Crippen LogP contribution in [0.1, 0.15) is 5.82 Å². The Morgan fingerprint density at radius 3 is 2.57 bits per heavy atom. The summed E-state index contributed by atoms with van der Waals surface area (Å²) in [5.41, 5.74) is 6.37. The normalized spacial score (nSPS) is 12.2. The summed E-state index contributed by atoms with van der Waals surface area (Å²) in [6, 6.07) is 7.01. The second kappa shape index (κ2) is 6.23. The van der Waals surface area contributed by atoms with Crippen LogP contribution >= 0.6 is 0 Å². The highest BCUT2D eigenvalue weighted by molar-refractivity contribution is 5.87. The number of rotatable bonds is 5. The fourth-order valence-electron chi connectivity index (χ4n) is 2.03. The number of benzene rings is 1. The molecule has 3 N–H and O–H groups in total. The highest BCUT2D eigenvalue weighted by atomic mass is 19.4. The van der Waals surface area contributed by atoms with E-state index < -0.39 is 12.7 Å². The van der Waals surface area contributed by atoms with Gasteiger partial charge in [0.05, 0.1) is 25.2 Å². The van der Waals surface area contributed by atoms with E-state index in [1.54, 1.807) is 24.3 Å². The van der Waals surface area contributed by atoms with Crippen molar-refractivity contribution < 1.29 is 18.3 Å². The van der Waals surface area contributed by atoms with Gasteiger partial charge in [-0.25, -0.2) is 9.97 Å². The third-order valence-corrected chi connectivity index (χ3v) is 2.86. The molecule has 0 fully saturated rings. The largest absolute Gasteiger partial charge is 0.401 e. The van der Waals surface area contributed by atoms with Crippen molar-refractivity contribution in [1.29, 1.82) is 0 Å². The molecule has 0 aliphatic rings. The van der Waals surface area contributed by atoms with E-state index in [0.29, 0.717) is 10.9 Å². The highest BCUT2D eigenvalue weighted by Gasteiger charge is 2.30. The molecule has 2 rings (SSSR count). The van der Waals surface area contributed by atoms with Gasteiger partial charge in [-0.15, -0.1) is 0 Å². The second-order valence-corrected chi connectivity index (χ2v) is 4.59. The van der Waals surface area contributed by atoms with Crippen molar-refractivity contribution in [2.24, 2.45) is 0 Å². The van der Waals surface area contributed by atoms with Crippen molar-refractivity contribution in [1.82, 2.24) is 14.9 Å². The molecule has 0 spiro atoms. The summed E-state index contributed by atoms with van der Waals surface area (Å²) < 4.78 is 37.4. The van der Waals surface area contributed by atoms with Crippen LogP contribution in [0.5, 0.6) is 0 Å². The van der Waals surface area contributed by atoms with Gasteiger partial charge in [-0.3, -0.25) is 4.90 Å². The lowest BCUT2D eigenvalue weighted by Crippen LogP contribution is -2.36. The van der Waals surface area contributed by atoms with Crippen LogP contribution in [0, 0.1) is 0 Å². The second-order valence-electron chi connectivity index (χ2n) is 4.59. The van der Waals surface area contributed by atoms with Crippen molar-refractivity contribution >= 4 is 16.7 Å². The molecule has 1 aromatic carbocycles. The molecule has 0 aliphatic carbocycles. The average molecular weight is 300 g/mol. The molecule has 0 bridgehead atoms. The summed E-state index contributed by atoms with van der Waals surface area (Å²) in [6.07, 6.45) is -4.35. The molecule has 21 heavy (non-hydrogen) atoms. The molecule has 1 aromatic heterocycles. The van der Waals surface area contributed by atoms with Crippen LogP contribution in [-0.4, -0.2) is 45.8 Å². The quantitative estimate of drug-likeness (QED) is 0.876. The number of para-hydroxylation sites is 1.